The molecule has 5 nitrogen and oxygen atoms in total. The van der Waals surface area contributed by atoms with Crippen molar-refractivity contribution < 1.29 is 14.3 Å². The van der Waals surface area contributed by atoms with Gasteiger partial charge in [-0.1, -0.05) is 84.9 Å². The van der Waals surface area contributed by atoms with Crippen LogP contribution >= 0.6 is 0 Å². The van der Waals surface area contributed by atoms with E-state index in [0.717, 1.165) is 47.9 Å². The Bertz CT molecular complexity index is 1080. The van der Waals surface area contributed by atoms with Gasteiger partial charge in [0.1, 0.15) is 12.6 Å². The second-order valence-corrected chi connectivity index (χ2v) is 9.37. The molecule has 0 radical (unpaired) electrons. The van der Waals surface area contributed by atoms with Crippen molar-refractivity contribution >= 4 is 11.9 Å². The van der Waals surface area contributed by atoms with Gasteiger partial charge in [0.05, 0.1) is 0 Å². The second kappa shape index (κ2) is 12.3. The highest BCUT2D eigenvalue weighted by atomic mass is 16.5. The number of benzene rings is 3. The van der Waals surface area contributed by atoms with Crippen molar-refractivity contribution in [2.24, 2.45) is 17.6 Å². The van der Waals surface area contributed by atoms with Gasteiger partial charge in [-0.3, -0.25) is 4.79 Å². The fourth-order valence-electron chi connectivity index (χ4n) is 4.67. The molecule has 3 aromatic rings. The van der Waals surface area contributed by atoms with Crippen LogP contribution < -0.4 is 11.1 Å². The van der Waals surface area contributed by atoms with Crippen molar-refractivity contribution in [1.29, 1.82) is 0 Å². The Balaban J connectivity index is 1.43. The summed E-state index contributed by atoms with van der Waals surface area (Å²) in [7, 11) is 0. The molecule has 0 heterocycles. The number of amides is 1. The molecule has 4 rings (SSSR count). The summed E-state index contributed by atoms with van der Waals surface area (Å²) < 4.78 is 5.61. The van der Waals surface area contributed by atoms with Crippen molar-refractivity contribution in [3.63, 3.8) is 0 Å². The first-order chi connectivity index (χ1) is 17.1. The molecule has 0 saturated heterocycles. The minimum atomic E-state index is -0.735. The van der Waals surface area contributed by atoms with Crippen molar-refractivity contribution in [3.8, 4) is 11.1 Å². The zero-order valence-corrected chi connectivity index (χ0v) is 20.1. The number of nitrogens with two attached hydrogens (primary N) is 1. The first-order valence-electron chi connectivity index (χ1n) is 12.5. The van der Waals surface area contributed by atoms with Crippen LogP contribution in [-0.2, 0) is 27.4 Å². The van der Waals surface area contributed by atoms with E-state index in [4.69, 9.17) is 10.5 Å². The monoisotopic (exact) mass is 470 g/mol. The lowest BCUT2D eigenvalue weighted by Crippen LogP contribution is -2.46. The third-order valence-corrected chi connectivity index (χ3v) is 6.88. The van der Waals surface area contributed by atoms with Crippen LogP contribution in [0.5, 0.6) is 0 Å². The molecule has 1 unspecified atom stereocenters. The van der Waals surface area contributed by atoms with Gasteiger partial charge < -0.3 is 15.8 Å². The number of hydrogen-bond acceptors (Lipinski definition) is 4. The molecule has 1 aliphatic rings. The van der Waals surface area contributed by atoms with E-state index in [2.05, 4.69) is 17.4 Å². The van der Waals surface area contributed by atoms with Gasteiger partial charge in [0.2, 0.25) is 5.91 Å². The van der Waals surface area contributed by atoms with E-state index in [1.54, 1.807) is 0 Å². The molecule has 3 aromatic carbocycles. The van der Waals surface area contributed by atoms with Crippen LogP contribution in [0.1, 0.15) is 36.8 Å². The first-order valence-corrected chi connectivity index (χ1v) is 12.5. The average Bonchev–Trinajstić information content (AvgIpc) is 2.93. The average molecular weight is 471 g/mol. The largest absolute Gasteiger partial charge is 0.459 e. The lowest BCUT2D eigenvalue weighted by atomic mass is 9.81. The van der Waals surface area contributed by atoms with Gasteiger partial charge in [0.15, 0.2) is 0 Å². The Morgan fingerprint density at radius 3 is 2.03 bits per heavy atom. The van der Waals surface area contributed by atoms with Crippen molar-refractivity contribution in [3.05, 3.63) is 96.1 Å². The molecule has 35 heavy (non-hydrogen) atoms. The number of rotatable bonds is 9. The Morgan fingerprint density at radius 1 is 0.800 bits per heavy atom. The summed E-state index contributed by atoms with van der Waals surface area (Å²) >= 11 is 0. The fourth-order valence-corrected chi connectivity index (χ4v) is 4.67. The Hall–Kier alpha value is -3.44. The van der Waals surface area contributed by atoms with Gasteiger partial charge in [-0.25, -0.2) is 4.79 Å². The first kappa shape index (κ1) is 24.7. The van der Waals surface area contributed by atoms with Crippen LogP contribution in [0.3, 0.4) is 0 Å². The maximum Gasteiger partial charge on any atom is 0.329 e. The minimum absolute atomic E-state index is 0.0666. The molecule has 0 spiro atoms. The molecular weight excluding hydrogens is 436 g/mol. The standard InChI is InChI=1S/C30H34N2O3/c31-20-23-13-17-27(18-14-23)29(33)32-28(30(34)35-21-24-7-3-1-4-8-24)19-22-11-15-26(16-12-22)25-9-5-2-6-10-25/h1-12,15-16,23,27-28H,13-14,17-21,31H2,(H,32,33). The number of esters is 1. The van der Waals surface area contributed by atoms with E-state index in [-0.39, 0.29) is 18.4 Å². The number of carbonyl (C=O) groups excluding carboxylic acids is 2. The molecule has 1 saturated carbocycles. The van der Waals surface area contributed by atoms with Gasteiger partial charge in [-0.05, 0) is 60.4 Å². The van der Waals surface area contributed by atoms with E-state index in [9.17, 15) is 9.59 Å². The van der Waals surface area contributed by atoms with E-state index in [0.29, 0.717) is 18.9 Å². The summed E-state index contributed by atoms with van der Waals surface area (Å²) in [5.41, 5.74) is 9.93. The van der Waals surface area contributed by atoms with Gasteiger partial charge in [-0.15, -0.1) is 0 Å². The molecule has 182 valence electrons. The van der Waals surface area contributed by atoms with Crippen LogP contribution in [0.25, 0.3) is 11.1 Å². The lowest BCUT2D eigenvalue weighted by molar-refractivity contribution is -0.149. The number of ether oxygens (including phenoxy) is 1. The van der Waals surface area contributed by atoms with Crippen molar-refractivity contribution in [1.82, 2.24) is 5.32 Å². The molecule has 0 aromatic heterocycles. The molecule has 1 amide bonds. The smallest absolute Gasteiger partial charge is 0.329 e. The van der Waals surface area contributed by atoms with E-state index in [1.807, 2.05) is 72.8 Å². The number of hydrogen-bond donors (Lipinski definition) is 2. The Labute approximate surface area is 207 Å². The zero-order chi connectivity index (χ0) is 24.5. The number of nitrogens with one attached hydrogen (secondary N) is 1. The summed E-state index contributed by atoms with van der Waals surface area (Å²) in [5, 5.41) is 3.01. The van der Waals surface area contributed by atoms with E-state index < -0.39 is 12.0 Å². The quantitative estimate of drug-likeness (QED) is 0.436. The molecule has 1 atom stereocenters. The summed E-state index contributed by atoms with van der Waals surface area (Å²) in [6, 6.07) is 27.1. The second-order valence-electron chi connectivity index (χ2n) is 9.37. The van der Waals surface area contributed by atoms with Crippen LogP contribution in [0.4, 0.5) is 0 Å². The molecule has 0 aliphatic heterocycles. The minimum Gasteiger partial charge on any atom is -0.459 e. The summed E-state index contributed by atoms with van der Waals surface area (Å²) in [4.78, 5) is 26.1. The molecule has 5 heteroatoms. The Morgan fingerprint density at radius 2 is 1.40 bits per heavy atom. The summed E-state index contributed by atoms with van der Waals surface area (Å²) in [6.45, 7) is 0.850. The maximum absolute atomic E-state index is 13.1. The molecular formula is C30H34N2O3. The fraction of sp³-hybridized carbons (Fsp3) is 0.333. The molecule has 3 N–H and O–H groups in total. The normalized spacial score (nSPS) is 18.4. The van der Waals surface area contributed by atoms with E-state index >= 15 is 0 Å². The van der Waals surface area contributed by atoms with Gasteiger partial charge in [-0.2, -0.15) is 0 Å². The topological polar surface area (TPSA) is 81.4 Å². The molecule has 1 fully saturated rings. The Kier molecular flexibility index (Phi) is 8.68. The third-order valence-electron chi connectivity index (χ3n) is 6.88. The van der Waals surface area contributed by atoms with Gasteiger partial charge in [0, 0.05) is 12.3 Å². The third kappa shape index (κ3) is 7.03. The van der Waals surface area contributed by atoms with Crippen LogP contribution in [0.2, 0.25) is 0 Å². The van der Waals surface area contributed by atoms with Crippen LogP contribution in [-0.4, -0.2) is 24.5 Å². The van der Waals surface area contributed by atoms with Crippen molar-refractivity contribution in [2.75, 3.05) is 6.54 Å². The zero-order valence-electron chi connectivity index (χ0n) is 20.1. The predicted octanol–water partition coefficient (Wildman–Crippen LogP) is 4.89. The van der Waals surface area contributed by atoms with Crippen molar-refractivity contribution in [2.45, 2.75) is 44.8 Å². The van der Waals surface area contributed by atoms with Gasteiger partial charge >= 0.3 is 5.97 Å². The highest BCUT2D eigenvalue weighted by Crippen LogP contribution is 2.28. The lowest BCUT2D eigenvalue weighted by Gasteiger charge is -2.28. The number of carbonyl (C=O) groups is 2. The van der Waals surface area contributed by atoms with Crippen LogP contribution in [0.15, 0.2) is 84.9 Å². The van der Waals surface area contributed by atoms with Gasteiger partial charge in [0.25, 0.3) is 0 Å². The SMILES string of the molecule is NCC1CCC(C(=O)NC(Cc2ccc(-c3ccccc3)cc2)C(=O)OCc2ccccc2)CC1. The molecule has 1 aliphatic carbocycles. The van der Waals surface area contributed by atoms with E-state index in [1.165, 1.54) is 0 Å². The summed E-state index contributed by atoms with van der Waals surface area (Å²) in [6.07, 6.45) is 3.92. The predicted molar refractivity (Wildman–Crippen MR) is 138 cm³/mol. The molecule has 0 bridgehead atoms. The maximum atomic E-state index is 13.1. The van der Waals surface area contributed by atoms with Crippen LogP contribution in [0, 0.1) is 11.8 Å². The highest BCUT2D eigenvalue weighted by Gasteiger charge is 2.30. The summed E-state index contributed by atoms with van der Waals surface area (Å²) in [5.74, 6) is -0.0653. The highest BCUT2D eigenvalue weighted by molar-refractivity contribution is 5.86.